The van der Waals surface area contributed by atoms with Crippen molar-refractivity contribution in [1.29, 1.82) is 5.26 Å². The van der Waals surface area contributed by atoms with Gasteiger partial charge in [0.2, 0.25) is 5.82 Å². The molecule has 0 aromatic carbocycles. The molecule has 0 amide bonds. The number of nitrogens with zero attached hydrogens (tertiary/aromatic N) is 8. The van der Waals surface area contributed by atoms with Crippen LogP contribution in [-0.4, -0.2) is 31.6 Å². The number of nitrogens with two attached hydrogens (primary N) is 1. The van der Waals surface area contributed by atoms with Crippen molar-refractivity contribution in [3.63, 3.8) is 0 Å². The van der Waals surface area contributed by atoms with Gasteiger partial charge < -0.3 is 10.3 Å². The van der Waals surface area contributed by atoms with E-state index in [4.69, 9.17) is 5.73 Å². The number of halogens is 3. The second-order valence-corrected chi connectivity index (χ2v) is 5.92. The summed E-state index contributed by atoms with van der Waals surface area (Å²) in [5.74, 6) is -1.24. The van der Waals surface area contributed by atoms with Crippen LogP contribution in [0.1, 0.15) is 24.5 Å². The number of fused-ring (bicyclic) bond motifs is 1. The molecule has 0 aliphatic heterocycles. The molecule has 0 saturated carbocycles. The lowest BCUT2D eigenvalue weighted by Crippen LogP contribution is -2.11. The zero-order chi connectivity index (χ0) is 21.3. The number of nitriles is 1. The Hall–Kier alpha value is -3.88. The zero-order valence-corrected chi connectivity index (χ0v) is 15.3. The number of alkyl halides is 3. The first-order valence-electron chi connectivity index (χ1n) is 8.13. The third-order valence-electron chi connectivity index (χ3n) is 4.21. The number of allylic oxidation sites excluding steroid dienone is 1. The summed E-state index contributed by atoms with van der Waals surface area (Å²) in [5, 5.41) is 17.7. The van der Waals surface area contributed by atoms with Crippen LogP contribution in [0.2, 0.25) is 0 Å². The van der Waals surface area contributed by atoms with Gasteiger partial charge in [0.25, 0.3) is 0 Å². The van der Waals surface area contributed by atoms with Crippen molar-refractivity contribution in [2.45, 2.75) is 19.1 Å². The number of hydrogen-bond donors (Lipinski definition) is 1. The molecule has 12 heteroatoms. The van der Waals surface area contributed by atoms with E-state index in [0.29, 0.717) is 16.7 Å². The van der Waals surface area contributed by atoms with E-state index in [-0.39, 0.29) is 22.6 Å². The summed E-state index contributed by atoms with van der Waals surface area (Å²) in [7, 11) is 1.47. The molecule has 0 spiro atoms. The summed E-state index contributed by atoms with van der Waals surface area (Å²) in [5.41, 5.74) is 7.11. The van der Waals surface area contributed by atoms with Crippen molar-refractivity contribution < 1.29 is 13.2 Å². The molecule has 0 aliphatic rings. The Balaban J connectivity index is 2.33. The van der Waals surface area contributed by atoms with Crippen LogP contribution in [0, 0.1) is 11.3 Å². The van der Waals surface area contributed by atoms with Crippen molar-refractivity contribution >= 4 is 16.9 Å². The van der Waals surface area contributed by atoms with E-state index in [9.17, 15) is 18.4 Å². The average Bonchev–Trinajstić information content (AvgIpc) is 3.02. The molecule has 0 bridgehead atoms. The van der Waals surface area contributed by atoms with Gasteiger partial charge >= 0.3 is 6.18 Å². The van der Waals surface area contributed by atoms with E-state index in [1.807, 2.05) is 0 Å². The van der Waals surface area contributed by atoms with Crippen LogP contribution in [0.3, 0.4) is 0 Å². The highest BCUT2D eigenvalue weighted by Gasteiger charge is 2.35. The van der Waals surface area contributed by atoms with E-state index in [1.165, 1.54) is 17.9 Å². The standard InChI is InChI=1S/C17H14F3N9/c1-8(28-23-3)9(2)29-11(4-21)12(13-14(22)26-7-27-15(13)29)10-5-24-16(25-6-10)17(18,19)20/h5-7,9H,1H2,2-3H3,(H2,22,26,27)/b28-23-. The lowest BCUT2D eigenvalue weighted by atomic mass is 10.1. The highest BCUT2D eigenvalue weighted by Crippen LogP contribution is 2.39. The molecule has 3 heterocycles. The first-order valence-corrected chi connectivity index (χ1v) is 8.13. The lowest BCUT2D eigenvalue weighted by molar-refractivity contribution is -0.144. The van der Waals surface area contributed by atoms with Crippen molar-refractivity contribution in [2.24, 2.45) is 10.2 Å². The molecule has 2 N–H and O–H groups in total. The lowest BCUT2D eigenvalue weighted by Gasteiger charge is -2.15. The van der Waals surface area contributed by atoms with Gasteiger partial charge in [-0.3, -0.25) is 0 Å². The van der Waals surface area contributed by atoms with Gasteiger partial charge in [0, 0.05) is 30.6 Å². The van der Waals surface area contributed by atoms with Crippen LogP contribution in [-0.2, 0) is 6.18 Å². The summed E-state index contributed by atoms with van der Waals surface area (Å²) in [4.78, 5) is 14.9. The molecule has 3 aromatic rings. The molecule has 1 atom stereocenters. The molecular weight excluding hydrogens is 387 g/mol. The van der Waals surface area contributed by atoms with Gasteiger partial charge in [-0.05, 0) is 6.92 Å². The normalized spacial score (nSPS) is 13.0. The molecule has 3 rings (SSSR count). The van der Waals surface area contributed by atoms with E-state index in [2.05, 4.69) is 42.8 Å². The summed E-state index contributed by atoms with van der Waals surface area (Å²) < 4.78 is 39.9. The average molecular weight is 401 g/mol. The largest absolute Gasteiger partial charge is 0.451 e. The molecule has 0 aliphatic carbocycles. The second-order valence-electron chi connectivity index (χ2n) is 5.92. The Kier molecular flexibility index (Phi) is 4.98. The van der Waals surface area contributed by atoms with Crippen molar-refractivity contribution in [1.82, 2.24) is 24.5 Å². The first kappa shape index (κ1) is 19.9. The minimum Gasteiger partial charge on any atom is -0.383 e. The van der Waals surface area contributed by atoms with Gasteiger partial charge in [0.05, 0.1) is 17.1 Å². The minimum atomic E-state index is -4.69. The fraction of sp³-hybridized carbons (Fsp3) is 0.235. The van der Waals surface area contributed by atoms with Crippen LogP contribution < -0.4 is 5.73 Å². The van der Waals surface area contributed by atoms with Gasteiger partial charge in [-0.25, -0.2) is 19.9 Å². The Morgan fingerprint density at radius 3 is 2.48 bits per heavy atom. The van der Waals surface area contributed by atoms with Crippen LogP contribution in [0.25, 0.3) is 22.2 Å². The number of anilines is 1. The third-order valence-corrected chi connectivity index (χ3v) is 4.21. The predicted octanol–water partition coefficient (Wildman–Crippen LogP) is 3.52. The maximum Gasteiger partial charge on any atom is 0.451 e. The molecule has 148 valence electrons. The number of rotatable bonds is 4. The molecular formula is C17H14F3N9. The van der Waals surface area contributed by atoms with Gasteiger partial charge in [0.1, 0.15) is 29.6 Å². The van der Waals surface area contributed by atoms with E-state index in [0.717, 1.165) is 12.4 Å². The second kappa shape index (κ2) is 7.27. The van der Waals surface area contributed by atoms with Gasteiger partial charge in [-0.15, -0.1) is 0 Å². The van der Waals surface area contributed by atoms with Crippen molar-refractivity contribution in [3.8, 4) is 17.2 Å². The highest BCUT2D eigenvalue weighted by atomic mass is 19.4. The smallest absolute Gasteiger partial charge is 0.383 e. The number of aromatic nitrogens is 5. The highest BCUT2D eigenvalue weighted by molar-refractivity contribution is 6.03. The Bertz CT molecular complexity index is 1150. The number of hydrogen-bond acceptors (Lipinski definition) is 8. The van der Waals surface area contributed by atoms with Crippen molar-refractivity contribution in [3.05, 3.63) is 42.5 Å². The van der Waals surface area contributed by atoms with Gasteiger partial charge in [0.15, 0.2) is 0 Å². The van der Waals surface area contributed by atoms with E-state index in [1.54, 1.807) is 6.92 Å². The molecule has 0 fully saturated rings. The fourth-order valence-corrected chi connectivity index (χ4v) is 2.89. The summed E-state index contributed by atoms with van der Waals surface area (Å²) in [6.07, 6.45) is -1.51. The van der Waals surface area contributed by atoms with Gasteiger partial charge in [-0.2, -0.15) is 28.7 Å². The van der Waals surface area contributed by atoms with Gasteiger partial charge in [-0.1, -0.05) is 6.58 Å². The fourth-order valence-electron chi connectivity index (χ4n) is 2.89. The molecule has 0 radical (unpaired) electrons. The maximum absolute atomic E-state index is 12.8. The maximum atomic E-state index is 12.8. The molecule has 1 unspecified atom stereocenters. The SMILES string of the molecule is C=C(/N=N\C)C(C)n1c(C#N)c(-c2cnc(C(F)(F)F)nc2)c2c(N)ncnc21. The molecule has 9 nitrogen and oxygen atoms in total. The molecule has 29 heavy (non-hydrogen) atoms. The van der Waals surface area contributed by atoms with Crippen LogP contribution in [0.5, 0.6) is 0 Å². The minimum absolute atomic E-state index is 0.0510. The van der Waals surface area contributed by atoms with E-state index >= 15 is 0 Å². The van der Waals surface area contributed by atoms with Crippen LogP contribution >= 0.6 is 0 Å². The Labute approximate surface area is 162 Å². The van der Waals surface area contributed by atoms with Crippen LogP contribution in [0.4, 0.5) is 19.0 Å². The number of nitrogen functional groups attached to an aromatic ring is 1. The first-order chi connectivity index (χ1) is 13.7. The quantitative estimate of drug-likeness (QED) is 0.666. The predicted molar refractivity (Wildman–Crippen MR) is 97.3 cm³/mol. The summed E-state index contributed by atoms with van der Waals surface area (Å²) in [6, 6.07) is 1.50. The third kappa shape index (κ3) is 3.38. The van der Waals surface area contributed by atoms with Crippen molar-refractivity contribution in [2.75, 3.05) is 12.8 Å². The summed E-state index contributed by atoms with van der Waals surface area (Å²) in [6.45, 7) is 5.56. The monoisotopic (exact) mass is 401 g/mol. The zero-order valence-electron chi connectivity index (χ0n) is 15.3. The van der Waals surface area contributed by atoms with E-state index < -0.39 is 18.0 Å². The molecule has 0 saturated heterocycles. The topological polar surface area (TPSA) is 131 Å². The van der Waals surface area contributed by atoms with Crippen LogP contribution in [0.15, 0.2) is 41.2 Å². The summed E-state index contributed by atoms with van der Waals surface area (Å²) >= 11 is 0. The Morgan fingerprint density at radius 1 is 1.28 bits per heavy atom. The molecule has 3 aromatic heterocycles. The number of azo groups is 1. The Morgan fingerprint density at radius 2 is 1.93 bits per heavy atom.